The van der Waals surface area contributed by atoms with E-state index in [1.807, 2.05) is 45.9 Å². The van der Waals surface area contributed by atoms with Crippen LogP contribution in [-0.4, -0.2) is 48.0 Å². The number of aliphatic carboxylic acids is 1. The van der Waals surface area contributed by atoms with Gasteiger partial charge in [-0.1, -0.05) is 32.0 Å². The molecular formula is C24H30N4O6S. The second kappa shape index (κ2) is 10.0. The van der Waals surface area contributed by atoms with Gasteiger partial charge >= 0.3 is 5.97 Å². The van der Waals surface area contributed by atoms with Crippen LogP contribution < -0.4 is 14.6 Å². The van der Waals surface area contributed by atoms with E-state index in [0.717, 1.165) is 22.3 Å². The van der Waals surface area contributed by atoms with Gasteiger partial charge in [-0.3, -0.25) is 9.48 Å². The van der Waals surface area contributed by atoms with Gasteiger partial charge in [-0.15, -0.1) is 0 Å². The van der Waals surface area contributed by atoms with Crippen LogP contribution in [0, 0.1) is 0 Å². The molecule has 2 heterocycles. The number of carboxylic acid groups (broad SMARTS) is 1. The minimum atomic E-state index is -4.06. The third-order valence-corrected chi connectivity index (χ3v) is 6.36. The summed E-state index contributed by atoms with van der Waals surface area (Å²) in [5.74, 6) is -0.370. The summed E-state index contributed by atoms with van der Waals surface area (Å²) in [6.07, 6.45) is 2.95. The fourth-order valence-electron chi connectivity index (χ4n) is 3.73. The van der Waals surface area contributed by atoms with Gasteiger partial charge in [0.2, 0.25) is 10.9 Å². The third-order valence-electron chi connectivity index (χ3n) is 5.54. The van der Waals surface area contributed by atoms with E-state index < -0.39 is 21.5 Å². The second-order valence-corrected chi connectivity index (χ2v) is 10.6. The molecule has 0 spiro atoms. The molecule has 0 amide bonds. The molecule has 3 aromatic rings. The van der Waals surface area contributed by atoms with E-state index in [9.17, 15) is 18.3 Å². The van der Waals surface area contributed by atoms with Crippen LogP contribution in [0.4, 0.5) is 0 Å². The molecule has 0 atom stereocenters. The highest BCUT2D eigenvalue weighted by Crippen LogP contribution is 2.32. The Bertz CT molecular complexity index is 1330. The molecule has 0 aliphatic heterocycles. The van der Waals surface area contributed by atoms with E-state index in [1.54, 1.807) is 18.3 Å². The topological polar surface area (TPSA) is 147 Å². The van der Waals surface area contributed by atoms with E-state index in [2.05, 4.69) is 10.1 Å². The quantitative estimate of drug-likeness (QED) is 0.430. The number of carboxylic acids is 1. The second-order valence-electron chi connectivity index (χ2n) is 9.07. The Labute approximate surface area is 204 Å². The van der Waals surface area contributed by atoms with E-state index in [1.165, 1.54) is 18.0 Å². The van der Waals surface area contributed by atoms with Crippen molar-refractivity contribution in [3.05, 3.63) is 53.9 Å². The molecule has 1 aromatic carbocycles. The van der Waals surface area contributed by atoms with Crippen molar-refractivity contribution in [2.45, 2.75) is 50.6 Å². The number of sulfonamides is 1. The van der Waals surface area contributed by atoms with E-state index in [4.69, 9.17) is 14.6 Å². The number of methoxy groups -OCH3 is 1. The molecule has 3 rings (SSSR count). The lowest BCUT2D eigenvalue weighted by atomic mass is 9.89. The maximum absolute atomic E-state index is 11.8. The lowest BCUT2D eigenvalue weighted by molar-refractivity contribution is -0.136. The molecule has 188 valence electrons. The number of pyridine rings is 1. The summed E-state index contributed by atoms with van der Waals surface area (Å²) >= 11 is 0. The average Bonchev–Trinajstić information content (AvgIpc) is 3.24. The molecule has 10 nitrogen and oxygen atoms in total. The molecule has 11 heteroatoms. The number of hydrogen-bond acceptors (Lipinski definition) is 7. The van der Waals surface area contributed by atoms with Gasteiger partial charge in [0.05, 0.1) is 25.3 Å². The Morgan fingerprint density at radius 1 is 1.26 bits per heavy atom. The van der Waals surface area contributed by atoms with Crippen LogP contribution in [0.5, 0.6) is 11.6 Å². The molecule has 0 radical (unpaired) electrons. The number of hydrogen-bond donors (Lipinski definition) is 2. The van der Waals surface area contributed by atoms with E-state index in [-0.39, 0.29) is 29.7 Å². The van der Waals surface area contributed by atoms with Crippen molar-refractivity contribution in [2.75, 3.05) is 13.7 Å². The summed E-state index contributed by atoms with van der Waals surface area (Å²) in [6, 6.07) is 9.30. The summed E-state index contributed by atoms with van der Waals surface area (Å²) in [7, 11) is -2.73. The van der Waals surface area contributed by atoms with Gasteiger partial charge in [0, 0.05) is 12.3 Å². The predicted molar refractivity (Wildman–Crippen MR) is 130 cm³/mol. The highest BCUT2D eigenvalue weighted by molar-refractivity contribution is 7.89. The normalized spacial score (nSPS) is 12.1. The van der Waals surface area contributed by atoms with Crippen LogP contribution in [-0.2, 0) is 26.8 Å². The van der Waals surface area contributed by atoms with Crippen LogP contribution >= 0.6 is 0 Å². The van der Waals surface area contributed by atoms with Crippen molar-refractivity contribution >= 4 is 16.0 Å². The van der Waals surface area contributed by atoms with Gasteiger partial charge in [0.25, 0.3) is 10.0 Å². The average molecular weight is 503 g/mol. The number of rotatable bonds is 10. The molecular weight excluding hydrogens is 472 g/mol. The minimum absolute atomic E-state index is 0.0386. The van der Waals surface area contributed by atoms with Crippen molar-refractivity contribution in [1.29, 1.82) is 0 Å². The summed E-state index contributed by atoms with van der Waals surface area (Å²) in [5, 5.41) is 18.4. The molecule has 2 aromatic heterocycles. The first-order chi connectivity index (χ1) is 16.3. The predicted octanol–water partition coefficient (Wildman–Crippen LogP) is 3.17. The summed E-state index contributed by atoms with van der Waals surface area (Å²) in [4.78, 5) is 15.8. The van der Waals surface area contributed by atoms with Gasteiger partial charge in [-0.25, -0.2) is 18.5 Å². The van der Waals surface area contributed by atoms with Crippen LogP contribution in [0.15, 0.2) is 47.8 Å². The number of benzene rings is 1. The van der Waals surface area contributed by atoms with Gasteiger partial charge in [-0.2, -0.15) is 5.10 Å². The number of carbonyl (C=O) groups is 1. The first-order valence-corrected chi connectivity index (χ1v) is 12.5. The maximum Gasteiger partial charge on any atom is 0.307 e. The van der Waals surface area contributed by atoms with Crippen LogP contribution in [0.25, 0.3) is 11.1 Å². The third kappa shape index (κ3) is 5.98. The monoisotopic (exact) mass is 502 g/mol. The van der Waals surface area contributed by atoms with E-state index in [0.29, 0.717) is 5.88 Å². The fourth-order valence-corrected chi connectivity index (χ4v) is 4.34. The van der Waals surface area contributed by atoms with Gasteiger partial charge in [0.1, 0.15) is 6.61 Å². The van der Waals surface area contributed by atoms with Crippen LogP contribution in [0.2, 0.25) is 0 Å². The molecule has 35 heavy (non-hydrogen) atoms. The maximum atomic E-state index is 11.8. The van der Waals surface area contributed by atoms with Crippen molar-refractivity contribution in [3.63, 3.8) is 0 Å². The minimum Gasteiger partial charge on any atom is -0.492 e. The summed E-state index contributed by atoms with van der Waals surface area (Å²) < 4.78 is 36.1. The number of nitrogens with two attached hydrogens (primary N) is 1. The van der Waals surface area contributed by atoms with Crippen LogP contribution in [0.3, 0.4) is 0 Å². The molecule has 0 unspecified atom stereocenters. The fraction of sp³-hybridized carbons (Fsp3) is 0.375. The zero-order chi connectivity index (χ0) is 26.0. The molecule has 0 saturated heterocycles. The molecule has 0 fully saturated rings. The van der Waals surface area contributed by atoms with Gasteiger partial charge in [0.15, 0.2) is 5.75 Å². The lowest BCUT2D eigenvalue weighted by Crippen LogP contribution is -2.34. The lowest BCUT2D eigenvalue weighted by Gasteiger charge is -2.25. The Morgan fingerprint density at radius 2 is 1.97 bits per heavy atom. The Morgan fingerprint density at radius 3 is 2.54 bits per heavy atom. The largest absolute Gasteiger partial charge is 0.492 e. The standard InChI is InChI=1S/C24H30N4O6S/c1-15(2)17-7-6-8-18(19(17)12-22(29)30)16-9-10-26-21(11-16)34-14-24(3,4)28-13-20(33-5)23(27-28)35(25,31)32/h6-11,13,15H,12,14H2,1-5H3,(H,29,30)(H2,25,31,32). The molecule has 0 bridgehead atoms. The molecule has 0 aliphatic carbocycles. The summed E-state index contributed by atoms with van der Waals surface area (Å²) in [5.41, 5.74) is 2.54. The Balaban J connectivity index is 1.90. The van der Waals surface area contributed by atoms with Crippen molar-refractivity contribution < 1.29 is 27.8 Å². The SMILES string of the molecule is COc1cn(C(C)(C)COc2cc(-c3cccc(C(C)C)c3CC(=O)O)ccn2)nc1S(N)(=O)=O. The number of aromatic nitrogens is 3. The highest BCUT2D eigenvalue weighted by atomic mass is 32.2. The number of ether oxygens (including phenoxy) is 2. The van der Waals surface area contributed by atoms with Crippen molar-refractivity contribution in [1.82, 2.24) is 14.8 Å². The van der Waals surface area contributed by atoms with Crippen molar-refractivity contribution in [2.24, 2.45) is 5.14 Å². The Kier molecular flexibility index (Phi) is 7.51. The molecule has 0 saturated carbocycles. The Hall–Kier alpha value is -3.44. The van der Waals surface area contributed by atoms with E-state index >= 15 is 0 Å². The first-order valence-electron chi connectivity index (χ1n) is 10.9. The van der Waals surface area contributed by atoms with Gasteiger partial charge in [-0.05, 0) is 48.1 Å². The zero-order valence-corrected chi connectivity index (χ0v) is 21.2. The number of primary sulfonamides is 1. The van der Waals surface area contributed by atoms with Crippen molar-refractivity contribution in [3.8, 4) is 22.8 Å². The molecule has 0 aliphatic rings. The number of nitrogens with zero attached hydrogens (tertiary/aromatic N) is 3. The first kappa shape index (κ1) is 26.2. The van der Waals surface area contributed by atoms with Gasteiger partial charge < -0.3 is 14.6 Å². The smallest absolute Gasteiger partial charge is 0.307 e. The van der Waals surface area contributed by atoms with Crippen LogP contribution in [0.1, 0.15) is 44.7 Å². The zero-order valence-electron chi connectivity index (χ0n) is 20.3. The highest BCUT2D eigenvalue weighted by Gasteiger charge is 2.28. The molecule has 3 N–H and O–H groups in total. The summed E-state index contributed by atoms with van der Waals surface area (Å²) in [6.45, 7) is 7.78.